The molecule has 1 aromatic heterocycles. The molecule has 0 spiro atoms. The summed E-state index contributed by atoms with van der Waals surface area (Å²) in [5.74, 6) is 0.199. The first-order valence-electron chi connectivity index (χ1n) is 7.46. The van der Waals surface area contributed by atoms with Crippen molar-refractivity contribution < 1.29 is 18.8 Å². The quantitative estimate of drug-likeness (QED) is 0.641. The zero-order chi connectivity index (χ0) is 16.6. The minimum absolute atomic E-state index is 0.00356. The van der Waals surface area contributed by atoms with E-state index in [1.54, 1.807) is 25.1 Å². The molecule has 118 valence electrons. The van der Waals surface area contributed by atoms with Crippen LogP contribution < -0.4 is 0 Å². The molecule has 0 atom stereocenters. The fraction of sp³-hybridized carbons (Fsp3) is 0.294. The molecule has 0 bridgehead atoms. The zero-order valence-corrected chi connectivity index (χ0v) is 13.1. The number of ketones is 1. The number of aromatic nitrogens is 1. The van der Waals surface area contributed by atoms with Gasteiger partial charge in [-0.3, -0.25) is 4.79 Å². The minimum Gasteiger partial charge on any atom is -0.440 e. The first kappa shape index (κ1) is 15.1. The van der Waals surface area contributed by atoms with Crippen LogP contribution in [0.5, 0.6) is 0 Å². The molecule has 0 saturated heterocycles. The van der Waals surface area contributed by atoms with Crippen molar-refractivity contribution >= 4 is 17.5 Å². The molecule has 0 unspecified atom stereocenters. The molecular weight excluding hydrogens is 296 g/mol. The van der Waals surface area contributed by atoms with E-state index >= 15 is 0 Å². The van der Waals surface area contributed by atoms with E-state index < -0.39 is 5.97 Å². The number of carbonyl (C=O) groups is 2. The van der Waals surface area contributed by atoms with Crippen molar-refractivity contribution in [2.75, 3.05) is 0 Å². The number of oxime groups is 1. The van der Waals surface area contributed by atoms with Crippen molar-refractivity contribution in [3.63, 3.8) is 0 Å². The molecular formula is C17H16N2O4. The summed E-state index contributed by atoms with van der Waals surface area (Å²) in [6.45, 7) is 5.54. The van der Waals surface area contributed by atoms with Gasteiger partial charge in [-0.2, -0.15) is 0 Å². The van der Waals surface area contributed by atoms with Gasteiger partial charge in [0.1, 0.15) is 5.69 Å². The number of fused-ring (bicyclic) bond motifs is 3. The molecule has 0 amide bonds. The van der Waals surface area contributed by atoms with E-state index in [0.29, 0.717) is 28.5 Å². The van der Waals surface area contributed by atoms with Crippen LogP contribution in [-0.4, -0.2) is 22.4 Å². The highest BCUT2D eigenvalue weighted by molar-refractivity contribution is 6.54. The Balaban J connectivity index is 2.17. The summed E-state index contributed by atoms with van der Waals surface area (Å²) in [6.07, 6.45) is 0.171. The molecule has 6 nitrogen and oxygen atoms in total. The number of rotatable bonds is 3. The second-order valence-corrected chi connectivity index (χ2v) is 5.52. The van der Waals surface area contributed by atoms with E-state index in [2.05, 4.69) is 10.1 Å². The van der Waals surface area contributed by atoms with Gasteiger partial charge in [0.15, 0.2) is 17.4 Å². The summed E-state index contributed by atoms with van der Waals surface area (Å²) in [6, 6.07) is 7.08. The molecule has 0 saturated carbocycles. The standard InChI is InChI=1S/C17H16N2O4/c1-4-12(20)23-19-13-14-16(22-17(18-14)9(2)3)11-8-6-5-7-10(11)15(13)21/h5-9H,4H2,1-3H3/b19-13+. The molecule has 0 aliphatic heterocycles. The van der Waals surface area contributed by atoms with Gasteiger partial charge in [0.05, 0.1) is 0 Å². The van der Waals surface area contributed by atoms with E-state index in [1.165, 1.54) is 0 Å². The predicted octanol–water partition coefficient (Wildman–Crippen LogP) is 3.32. The number of oxazole rings is 1. The Morgan fingerprint density at radius 1 is 1.30 bits per heavy atom. The molecule has 1 aliphatic rings. The lowest BCUT2D eigenvalue weighted by Crippen LogP contribution is -2.23. The van der Waals surface area contributed by atoms with Gasteiger partial charge in [0.2, 0.25) is 5.78 Å². The summed E-state index contributed by atoms with van der Waals surface area (Å²) in [4.78, 5) is 33.2. The molecule has 0 N–H and O–H groups in total. The van der Waals surface area contributed by atoms with Crippen molar-refractivity contribution in [3.05, 3.63) is 41.4 Å². The lowest BCUT2D eigenvalue weighted by molar-refractivity contribution is -0.143. The highest BCUT2D eigenvalue weighted by Gasteiger charge is 2.34. The van der Waals surface area contributed by atoms with E-state index in [-0.39, 0.29) is 23.8 Å². The lowest BCUT2D eigenvalue weighted by atomic mass is 9.90. The summed E-state index contributed by atoms with van der Waals surface area (Å²) in [5, 5.41) is 3.74. The Morgan fingerprint density at radius 2 is 2.00 bits per heavy atom. The Kier molecular flexibility index (Phi) is 3.82. The second kappa shape index (κ2) is 5.79. The Hall–Kier alpha value is -2.76. The number of benzene rings is 1. The van der Waals surface area contributed by atoms with Crippen LogP contribution >= 0.6 is 0 Å². The van der Waals surface area contributed by atoms with Crippen LogP contribution in [-0.2, 0) is 9.63 Å². The molecule has 1 aliphatic carbocycles. The largest absolute Gasteiger partial charge is 0.440 e. The maximum atomic E-state index is 12.7. The molecule has 3 rings (SSSR count). The van der Waals surface area contributed by atoms with E-state index in [9.17, 15) is 9.59 Å². The monoisotopic (exact) mass is 312 g/mol. The molecule has 1 aromatic carbocycles. The van der Waals surface area contributed by atoms with E-state index in [1.807, 2.05) is 19.9 Å². The van der Waals surface area contributed by atoms with Crippen molar-refractivity contribution in [2.24, 2.45) is 5.16 Å². The van der Waals surface area contributed by atoms with Gasteiger partial charge < -0.3 is 9.25 Å². The van der Waals surface area contributed by atoms with Crippen LogP contribution in [0.4, 0.5) is 0 Å². The predicted molar refractivity (Wildman–Crippen MR) is 83.3 cm³/mol. The first-order chi connectivity index (χ1) is 11.0. The smallest absolute Gasteiger partial charge is 0.334 e. The van der Waals surface area contributed by atoms with Crippen molar-refractivity contribution in [1.29, 1.82) is 0 Å². The molecule has 1 heterocycles. The minimum atomic E-state index is -0.515. The SMILES string of the molecule is CCC(=O)O/N=C1/C(=O)c2ccccc2-c2oc(C(C)C)nc21. The van der Waals surface area contributed by atoms with Gasteiger partial charge in [-0.1, -0.05) is 50.2 Å². The average molecular weight is 312 g/mol. The van der Waals surface area contributed by atoms with E-state index in [0.717, 1.165) is 0 Å². The van der Waals surface area contributed by atoms with Gasteiger partial charge in [0.25, 0.3) is 0 Å². The number of nitrogens with zero attached hydrogens (tertiary/aromatic N) is 2. The average Bonchev–Trinajstić information content (AvgIpc) is 3.00. The second-order valence-electron chi connectivity index (χ2n) is 5.52. The third-order valence-corrected chi connectivity index (χ3v) is 3.52. The van der Waals surface area contributed by atoms with Crippen LogP contribution in [0, 0.1) is 0 Å². The third kappa shape index (κ3) is 2.56. The maximum absolute atomic E-state index is 12.7. The van der Waals surface area contributed by atoms with Crippen molar-refractivity contribution in [3.8, 4) is 11.3 Å². The fourth-order valence-corrected chi connectivity index (χ4v) is 2.29. The van der Waals surface area contributed by atoms with Gasteiger partial charge in [-0.05, 0) is 0 Å². The van der Waals surface area contributed by atoms with E-state index in [4.69, 9.17) is 9.25 Å². The number of carbonyl (C=O) groups excluding carboxylic acids is 2. The van der Waals surface area contributed by atoms with Gasteiger partial charge in [-0.25, -0.2) is 9.78 Å². The zero-order valence-electron chi connectivity index (χ0n) is 13.1. The van der Waals surface area contributed by atoms with Crippen LogP contribution in [0.2, 0.25) is 0 Å². The summed E-state index contributed by atoms with van der Waals surface area (Å²) in [5.41, 5.74) is 1.45. The molecule has 23 heavy (non-hydrogen) atoms. The number of Topliss-reactive ketones (excluding diaryl/α,β-unsaturated/α-hetero) is 1. The van der Waals surface area contributed by atoms with Crippen molar-refractivity contribution in [1.82, 2.24) is 4.98 Å². The molecule has 6 heteroatoms. The van der Waals surface area contributed by atoms with Crippen LogP contribution in [0.3, 0.4) is 0 Å². The number of hydrogen-bond donors (Lipinski definition) is 0. The first-order valence-corrected chi connectivity index (χ1v) is 7.46. The van der Waals surface area contributed by atoms with Gasteiger partial charge in [0, 0.05) is 23.5 Å². The summed E-state index contributed by atoms with van der Waals surface area (Å²) >= 11 is 0. The van der Waals surface area contributed by atoms with Crippen LogP contribution in [0.1, 0.15) is 55.1 Å². The number of hydrogen-bond acceptors (Lipinski definition) is 6. The fourth-order valence-electron chi connectivity index (χ4n) is 2.29. The highest BCUT2D eigenvalue weighted by atomic mass is 16.7. The Bertz CT molecular complexity index is 818. The van der Waals surface area contributed by atoms with Crippen LogP contribution in [0.25, 0.3) is 11.3 Å². The van der Waals surface area contributed by atoms with Crippen LogP contribution in [0.15, 0.2) is 33.8 Å². The van der Waals surface area contributed by atoms with Crippen molar-refractivity contribution in [2.45, 2.75) is 33.1 Å². The third-order valence-electron chi connectivity index (χ3n) is 3.52. The Morgan fingerprint density at radius 3 is 2.65 bits per heavy atom. The molecule has 0 radical (unpaired) electrons. The topological polar surface area (TPSA) is 81.8 Å². The Labute approximate surface area is 133 Å². The van der Waals surface area contributed by atoms with Gasteiger partial charge in [-0.15, -0.1) is 0 Å². The molecule has 2 aromatic rings. The highest BCUT2D eigenvalue weighted by Crippen LogP contribution is 2.35. The normalized spacial score (nSPS) is 14.8. The molecule has 0 fully saturated rings. The summed E-state index contributed by atoms with van der Waals surface area (Å²) < 4.78 is 5.82. The maximum Gasteiger partial charge on any atom is 0.334 e. The van der Waals surface area contributed by atoms with Gasteiger partial charge >= 0.3 is 5.97 Å². The lowest BCUT2D eigenvalue weighted by Gasteiger charge is -2.13. The summed E-state index contributed by atoms with van der Waals surface area (Å²) in [7, 11) is 0.